The molecule has 4 aliphatic carbocycles. The Morgan fingerprint density at radius 1 is 1.08 bits per heavy atom. The van der Waals surface area contributed by atoms with Crippen LogP contribution >= 0.6 is 0 Å². The third kappa shape index (κ3) is 10.4. The van der Waals surface area contributed by atoms with Gasteiger partial charge in [0, 0.05) is 49.7 Å². The first kappa shape index (κ1) is 48.5. The molecule has 6 N–H and O–H groups in total. The van der Waals surface area contributed by atoms with Gasteiger partial charge in [-0.05, 0) is 144 Å². The van der Waals surface area contributed by atoms with Crippen LogP contribution in [0.4, 0.5) is 0 Å². The first-order chi connectivity index (χ1) is 30.0. The van der Waals surface area contributed by atoms with Crippen molar-refractivity contribution < 1.29 is 34.7 Å². The molecule has 9 atom stereocenters. The number of carbonyl (C=O) groups is 1. The molecule has 1 spiro atoms. The predicted molar refractivity (Wildman–Crippen MR) is 249 cm³/mol. The number of fused-ring (bicyclic) bond motifs is 5. The van der Waals surface area contributed by atoms with E-state index in [1.807, 2.05) is 27.2 Å². The number of ether oxygens (including phenoxy) is 2. The average Bonchev–Trinajstić information content (AvgIpc) is 3.94. The Morgan fingerprint density at radius 3 is 2.60 bits per heavy atom. The van der Waals surface area contributed by atoms with E-state index in [9.17, 15) is 25.2 Å². The van der Waals surface area contributed by atoms with Gasteiger partial charge < -0.3 is 40.5 Å². The second kappa shape index (κ2) is 22.3. The van der Waals surface area contributed by atoms with Gasteiger partial charge >= 0.3 is 0 Å². The largest absolute Gasteiger partial charge is 0.396 e. The zero-order valence-corrected chi connectivity index (χ0v) is 38.3. The zero-order valence-electron chi connectivity index (χ0n) is 38.3. The highest BCUT2D eigenvalue weighted by atomic mass is 16.5. The Balaban J connectivity index is 1.30. The molecule has 9 unspecified atom stereocenters. The van der Waals surface area contributed by atoms with Crippen molar-refractivity contribution in [2.45, 2.75) is 115 Å². The molecule has 342 valence electrons. The Bertz CT molecular complexity index is 1830. The van der Waals surface area contributed by atoms with Gasteiger partial charge in [-0.25, -0.2) is 0 Å². The molecule has 1 aromatic carbocycles. The number of aliphatic hydroxyl groups excluding tert-OH is 3. The molecule has 4 bridgehead atoms. The molecule has 3 fully saturated rings. The quantitative estimate of drug-likeness (QED) is 0.0299. The molecule has 5 aliphatic rings. The summed E-state index contributed by atoms with van der Waals surface area (Å²) in [6.45, 7) is 11.1. The number of nitrogens with one attached hydrogen (secondary N) is 2. The van der Waals surface area contributed by atoms with Crippen molar-refractivity contribution in [2.75, 3.05) is 60.3 Å². The van der Waals surface area contributed by atoms with E-state index in [0.29, 0.717) is 50.1 Å². The normalized spacial score (nSPS) is 34.0. The van der Waals surface area contributed by atoms with Crippen molar-refractivity contribution in [1.29, 1.82) is 0 Å². The molecular weight excluding hydrogens is 777 g/mol. The maximum Gasteiger partial charge on any atom is 0.145 e. The lowest BCUT2D eigenvalue weighted by Gasteiger charge is -2.61. The number of aliphatic hydroxyl groups is 4. The second-order valence-corrected chi connectivity index (χ2v) is 19.5. The highest BCUT2D eigenvalue weighted by Crippen LogP contribution is 2.67. The van der Waals surface area contributed by atoms with E-state index < -0.39 is 17.1 Å². The smallest absolute Gasteiger partial charge is 0.145 e. The minimum Gasteiger partial charge on any atom is -0.396 e. The van der Waals surface area contributed by atoms with Gasteiger partial charge in [-0.2, -0.15) is 0 Å². The maximum absolute atomic E-state index is 13.0. The summed E-state index contributed by atoms with van der Waals surface area (Å²) in [6, 6.07) is 9.16. The molecule has 9 nitrogen and oxygen atoms in total. The Labute approximate surface area is 372 Å². The highest BCUT2D eigenvalue weighted by Gasteiger charge is 2.68. The highest BCUT2D eigenvalue weighted by molar-refractivity contribution is 5.74. The fraction of sp³-hybridized carbons (Fsp3) is 0.642. The van der Waals surface area contributed by atoms with E-state index >= 15 is 0 Å². The first-order valence-corrected chi connectivity index (χ1v) is 23.7. The fourth-order valence-corrected chi connectivity index (χ4v) is 12.7. The van der Waals surface area contributed by atoms with E-state index in [-0.39, 0.29) is 61.6 Å². The Morgan fingerprint density at radius 2 is 1.87 bits per heavy atom. The molecule has 0 saturated heterocycles. The van der Waals surface area contributed by atoms with E-state index in [1.165, 1.54) is 42.4 Å². The summed E-state index contributed by atoms with van der Waals surface area (Å²) in [5.74, 6) is -0.0802. The maximum atomic E-state index is 13.0. The van der Waals surface area contributed by atoms with Crippen LogP contribution in [0, 0.1) is 40.9 Å². The van der Waals surface area contributed by atoms with Crippen LogP contribution < -0.4 is 10.6 Å². The molecule has 0 radical (unpaired) electrons. The van der Waals surface area contributed by atoms with Gasteiger partial charge in [0.25, 0.3) is 0 Å². The molecule has 62 heavy (non-hydrogen) atoms. The average molecular weight is 855 g/mol. The van der Waals surface area contributed by atoms with E-state index in [2.05, 4.69) is 78.8 Å². The Kier molecular flexibility index (Phi) is 17.4. The summed E-state index contributed by atoms with van der Waals surface area (Å²) in [7, 11) is 3.69. The van der Waals surface area contributed by atoms with Crippen molar-refractivity contribution in [3.8, 4) is 0 Å². The van der Waals surface area contributed by atoms with Crippen LogP contribution in [-0.2, 0) is 27.1 Å². The minimum atomic E-state index is -1.22. The number of carbonyl (C=O) groups excluding carboxylic acids is 1. The van der Waals surface area contributed by atoms with E-state index in [1.54, 1.807) is 0 Å². The second-order valence-electron chi connectivity index (χ2n) is 19.5. The third-order valence-electron chi connectivity index (χ3n) is 15.9. The molecule has 0 amide bonds. The lowest BCUT2D eigenvalue weighted by atomic mass is 9.45. The number of rotatable bonds is 18. The van der Waals surface area contributed by atoms with Crippen LogP contribution in [-0.4, -0.2) is 104 Å². The number of methoxy groups -OCH3 is 1. The van der Waals surface area contributed by atoms with Crippen LogP contribution in [0.1, 0.15) is 95.6 Å². The summed E-state index contributed by atoms with van der Waals surface area (Å²) in [5, 5.41) is 53.1. The molecule has 6 rings (SSSR count). The van der Waals surface area contributed by atoms with Crippen molar-refractivity contribution in [3.63, 3.8) is 0 Å². The van der Waals surface area contributed by atoms with Crippen LogP contribution in [0.25, 0.3) is 0 Å². The van der Waals surface area contributed by atoms with Gasteiger partial charge in [0.15, 0.2) is 0 Å². The monoisotopic (exact) mass is 855 g/mol. The van der Waals surface area contributed by atoms with Gasteiger partial charge in [0.2, 0.25) is 0 Å². The van der Waals surface area contributed by atoms with E-state index in [4.69, 9.17) is 9.47 Å². The molecule has 1 aliphatic heterocycles. The standard InChI is InChI=1S/C53H78N2O7/c1-37-16-17-43(31-40-11-9-12-41(30-40)32-51(55-34-37,24-28-61-5)46-14-6-7-15-46)38(2)10-8-13-45(36-62-29-27-57)47-20-22-53(50(47)59)49-42(21-26-56)18-19-44(48(49)39(3)35-58)33-52(53,60)23-25-54-4/h8-13,16,18-19,30,35,42-44,46-47,49-50,54-57,59-60H,2,6-7,14-15,17,20-29,31-34,36H2,1,3-5H3. The number of hydrogen-bond donors (Lipinski definition) is 6. The van der Waals surface area contributed by atoms with Crippen LogP contribution in [0.2, 0.25) is 0 Å². The number of benzene rings is 1. The first-order valence-electron chi connectivity index (χ1n) is 23.7. The summed E-state index contributed by atoms with van der Waals surface area (Å²) in [5.41, 5.74) is 5.41. The van der Waals surface area contributed by atoms with Gasteiger partial charge in [-0.15, -0.1) is 0 Å². The van der Waals surface area contributed by atoms with Crippen LogP contribution in [0.5, 0.6) is 0 Å². The lowest BCUT2D eigenvalue weighted by Crippen LogP contribution is -2.65. The number of allylic oxidation sites excluding steroid dienone is 9. The molecule has 1 heterocycles. The number of aldehydes is 1. The molecule has 0 aromatic heterocycles. The molecular formula is C53H78N2O7. The SMILES string of the molecule is C=C(C=CC=C(COCCO)C1CCC2(C1O)C1C(=C(C)C=O)C(C=CC1CCO)CC2(O)CCNC)C1CC=C(C)CNC(CCOC)(C2CCCC2)Cc2cccc(c2)C1. The number of hydrogen-bond acceptors (Lipinski definition) is 9. The molecule has 9 heteroatoms. The zero-order chi connectivity index (χ0) is 44.3. The van der Waals surface area contributed by atoms with Crippen molar-refractivity contribution in [1.82, 2.24) is 10.6 Å². The predicted octanol–water partition coefficient (Wildman–Crippen LogP) is 7.16. The summed E-state index contributed by atoms with van der Waals surface area (Å²) in [6.07, 6.45) is 24.2. The van der Waals surface area contributed by atoms with Crippen LogP contribution in [0.15, 0.2) is 95.2 Å². The minimum absolute atomic E-state index is 0.00450. The summed E-state index contributed by atoms with van der Waals surface area (Å²) >= 11 is 0. The van der Waals surface area contributed by atoms with Crippen LogP contribution in [0.3, 0.4) is 0 Å². The molecule has 1 aromatic rings. The van der Waals surface area contributed by atoms with Crippen molar-refractivity contribution in [2.24, 2.45) is 40.9 Å². The van der Waals surface area contributed by atoms with Crippen molar-refractivity contribution >= 4 is 6.29 Å². The lowest BCUT2D eigenvalue weighted by molar-refractivity contribution is -0.194. The topological polar surface area (TPSA) is 141 Å². The fourth-order valence-electron chi connectivity index (χ4n) is 12.7. The third-order valence-corrected chi connectivity index (χ3v) is 15.9. The summed E-state index contributed by atoms with van der Waals surface area (Å²) < 4.78 is 11.7. The van der Waals surface area contributed by atoms with Gasteiger partial charge in [-0.1, -0.05) is 96.9 Å². The molecule has 3 saturated carbocycles. The van der Waals surface area contributed by atoms with Gasteiger partial charge in [-0.3, -0.25) is 4.79 Å². The van der Waals surface area contributed by atoms with Gasteiger partial charge in [0.1, 0.15) is 6.29 Å². The Hall–Kier alpha value is -2.99. The van der Waals surface area contributed by atoms with Crippen molar-refractivity contribution in [3.05, 3.63) is 106 Å². The summed E-state index contributed by atoms with van der Waals surface area (Å²) in [4.78, 5) is 12.4. The van der Waals surface area contributed by atoms with Gasteiger partial charge in [0.05, 0.1) is 31.5 Å². The van der Waals surface area contributed by atoms with E-state index in [0.717, 1.165) is 61.8 Å².